The largest absolute Gasteiger partial charge is 0.322 e. The fourth-order valence-corrected chi connectivity index (χ4v) is 4.17. The molecule has 2 fully saturated rings. The van der Waals surface area contributed by atoms with E-state index in [0.29, 0.717) is 22.9 Å². The van der Waals surface area contributed by atoms with E-state index in [1.165, 1.54) is 29.2 Å². The molecule has 1 aliphatic carbocycles. The Hall–Kier alpha value is -3.02. The number of hydrogen-bond acceptors (Lipinski definition) is 3. The van der Waals surface area contributed by atoms with E-state index in [-0.39, 0.29) is 29.5 Å². The Labute approximate surface area is 162 Å². The number of imide groups is 1. The van der Waals surface area contributed by atoms with E-state index < -0.39 is 5.91 Å². The molecule has 0 aromatic heterocycles. The molecule has 6 heteroatoms. The summed E-state index contributed by atoms with van der Waals surface area (Å²) >= 11 is 0. The van der Waals surface area contributed by atoms with Gasteiger partial charge in [0.2, 0.25) is 11.8 Å². The molecule has 1 N–H and O–H groups in total. The van der Waals surface area contributed by atoms with Crippen LogP contribution < -0.4 is 10.2 Å². The number of carbonyl (C=O) groups is 3. The highest BCUT2D eigenvalue weighted by Gasteiger charge is 2.50. The fourth-order valence-electron chi connectivity index (χ4n) is 4.17. The van der Waals surface area contributed by atoms with Crippen molar-refractivity contribution in [2.24, 2.45) is 17.8 Å². The quantitative estimate of drug-likeness (QED) is 0.819. The molecule has 1 heterocycles. The number of nitrogens with one attached hydrogen (secondary N) is 1. The van der Waals surface area contributed by atoms with Gasteiger partial charge in [-0.15, -0.1) is 0 Å². The van der Waals surface area contributed by atoms with E-state index in [2.05, 4.69) is 12.2 Å². The van der Waals surface area contributed by atoms with Gasteiger partial charge in [-0.1, -0.05) is 13.0 Å². The molecule has 1 saturated carbocycles. The molecule has 3 atom stereocenters. The minimum Gasteiger partial charge on any atom is -0.322 e. The van der Waals surface area contributed by atoms with Crippen LogP contribution in [-0.4, -0.2) is 17.7 Å². The van der Waals surface area contributed by atoms with Crippen LogP contribution in [0.4, 0.5) is 15.8 Å². The van der Waals surface area contributed by atoms with Crippen LogP contribution in [0.1, 0.15) is 36.5 Å². The SMILES string of the molecule is C[C@H]1CC[C@H]2C(=O)N(c3cccc(C(=O)Nc4ccc(F)cc4)c3)C(=O)[C@@H]2C1. The monoisotopic (exact) mass is 380 g/mol. The van der Waals surface area contributed by atoms with Crippen molar-refractivity contribution >= 4 is 29.1 Å². The molecule has 0 spiro atoms. The molecule has 2 aliphatic rings. The molecule has 4 rings (SSSR count). The molecule has 3 amide bonds. The Morgan fingerprint density at radius 3 is 2.50 bits per heavy atom. The Bertz CT molecular complexity index is 941. The van der Waals surface area contributed by atoms with Crippen LogP contribution in [0, 0.1) is 23.6 Å². The lowest BCUT2D eigenvalue weighted by Crippen LogP contribution is -2.31. The van der Waals surface area contributed by atoms with E-state index in [4.69, 9.17) is 0 Å². The van der Waals surface area contributed by atoms with E-state index in [1.807, 2.05) is 0 Å². The molecule has 28 heavy (non-hydrogen) atoms. The van der Waals surface area contributed by atoms with Gasteiger partial charge < -0.3 is 5.32 Å². The molecular weight excluding hydrogens is 359 g/mol. The van der Waals surface area contributed by atoms with E-state index >= 15 is 0 Å². The molecule has 0 unspecified atom stereocenters. The number of anilines is 2. The topological polar surface area (TPSA) is 66.5 Å². The normalized spacial score (nSPS) is 24.2. The number of nitrogens with zero attached hydrogens (tertiary/aromatic N) is 1. The summed E-state index contributed by atoms with van der Waals surface area (Å²) in [6, 6.07) is 11.9. The Kier molecular flexibility index (Phi) is 4.71. The highest BCUT2D eigenvalue weighted by atomic mass is 19.1. The van der Waals surface area contributed by atoms with Crippen molar-refractivity contribution in [1.82, 2.24) is 0 Å². The predicted octanol–water partition coefficient (Wildman–Crippen LogP) is 4.00. The first-order valence-corrected chi connectivity index (χ1v) is 9.49. The van der Waals surface area contributed by atoms with Gasteiger partial charge in [0.05, 0.1) is 17.5 Å². The molecule has 144 valence electrons. The van der Waals surface area contributed by atoms with Crippen LogP contribution in [0.15, 0.2) is 48.5 Å². The first-order chi connectivity index (χ1) is 13.4. The van der Waals surface area contributed by atoms with E-state index in [9.17, 15) is 18.8 Å². The van der Waals surface area contributed by atoms with Gasteiger partial charge in [-0.25, -0.2) is 4.39 Å². The number of hydrogen-bond donors (Lipinski definition) is 1. The van der Waals surface area contributed by atoms with Crippen LogP contribution in [-0.2, 0) is 9.59 Å². The molecule has 2 aromatic rings. The van der Waals surface area contributed by atoms with Crippen molar-refractivity contribution in [2.75, 3.05) is 10.2 Å². The zero-order valence-corrected chi connectivity index (χ0v) is 15.5. The summed E-state index contributed by atoms with van der Waals surface area (Å²) in [6.07, 6.45) is 2.42. The van der Waals surface area contributed by atoms with Gasteiger partial charge in [-0.05, 0) is 67.6 Å². The highest BCUT2D eigenvalue weighted by molar-refractivity contribution is 6.22. The van der Waals surface area contributed by atoms with Crippen LogP contribution in [0.2, 0.25) is 0 Å². The summed E-state index contributed by atoms with van der Waals surface area (Å²) in [4.78, 5) is 39.5. The first kappa shape index (κ1) is 18.3. The molecule has 0 radical (unpaired) electrons. The predicted molar refractivity (Wildman–Crippen MR) is 103 cm³/mol. The summed E-state index contributed by atoms with van der Waals surface area (Å²) in [5.41, 5.74) is 1.21. The molecular formula is C22H21FN2O3. The summed E-state index contributed by atoms with van der Waals surface area (Å²) in [5, 5.41) is 2.69. The molecule has 1 saturated heterocycles. The van der Waals surface area contributed by atoms with Gasteiger partial charge in [-0.3, -0.25) is 19.3 Å². The van der Waals surface area contributed by atoms with Crippen LogP contribution in [0.3, 0.4) is 0 Å². The minimum atomic E-state index is -0.390. The molecule has 5 nitrogen and oxygen atoms in total. The Morgan fingerprint density at radius 1 is 1.04 bits per heavy atom. The van der Waals surface area contributed by atoms with Gasteiger partial charge in [0.15, 0.2) is 0 Å². The lowest BCUT2D eigenvalue weighted by atomic mass is 9.76. The lowest BCUT2D eigenvalue weighted by molar-refractivity contribution is -0.122. The number of benzene rings is 2. The summed E-state index contributed by atoms with van der Waals surface area (Å²) in [7, 11) is 0. The van der Waals surface area contributed by atoms with Gasteiger partial charge in [0.1, 0.15) is 5.82 Å². The van der Waals surface area contributed by atoms with Crippen molar-refractivity contribution in [3.63, 3.8) is 0 Å². The van der Waals surface area contributed by atoms with Crippen LogP contribution >= 0.6 is 0 Å². The zero-order chi connectivity index (χ0) is 19.8. The second-order valence-electron chi connectivity index (χ2n) is 7.65. The fraction of sp³-hybridized carbons (Fsp3) is 0.318. The smallest absolute Gasteiger partial charge is 0.255 e. The minimum absolute atomic E-state index is 0.169. The van der Waals surface area contributed by atoms with Crippen molar-refractivity contribution in [2.45, 2.75) is 26.2 Å². The van der Waals surface area contributed by atoms with E-state index in [1.54, 1.807) is 24.3 Å². The zero-order valence-electron chi connectivity index (χ0n) is 15.5. The van der Waals surface area contributed by atoms with Gasteiger partial charge in [0, 0.05) is 11.3 Å². The number of amides is 3. The van der Waals surface area contributed by atoms with Crippen molar-refractivity contribution < 1.29 is 18.8 Å². The summed E-state index contributed by atoms with van der Waals surface area (Å²) in [5.74, 6) is -1.19. The number of rotatable bonds is 3. The molecule has 0 bridgehead atoms. The molecule has 2 aromatic carbocycles. The first-order valence-electron chi connectivity index (χ1n) is 9.49. The molecule has 1 aliphatic heterocycles. The van der Waals surface area contributed by atoms with Gasteiger partial charge in [0.25, 0.3) is 5.91 Å². The third-order valence-corrected chi connectivity index (χ3v) is 5.66. The van der Waals surface area contributed by atoms with Crippen molar-refractivity contribution in [1.29, 1.82) is 0 Å². The maximum absolute atomic E-state index is 13.0. The average Bonchev–Trinajstić information content (AvgIpc) is 2.93. The second kappa shape index (κ2) is 7.19. The summed E-state index contributed by atoms with van der Waals surface area (Å²) < 4.78 is 13.0. The number of carbonyl (C=O) groups excluding carboxylic acids is 3. The van der Waals surface area contributed by atoms with Crippen molar-refractivity contribution in [3.8, 4) is 0 Å². The Balaban J connectivity index is 1.56. The lowest BCUT2D eigenvalue weighted by Gasteiger charge is -2.25. The summed E-state index contributed by atoms with van der Waals surface area (Å²) in [6.45, 7) is 2.11. The van der Waals surface area contributed by atoms with Crippen LogP contribution in [0.5, 0.6) is 0 Å². The third-order valence-electron chi connectivity index (χ3n) is 5.66. The maximum atomic E-state index is 13.0. The second-order valence-corrected chi connectivity index (χ2v) is 7.65. The van der Waals surface area contributed by atoms with Gasteiger partial charge >= 0.3 is 0 Å². The van der Waals surface area contributed by atoms with Crippen LogP contribution in [0.25, 0.3) is 0 Å². The maximum Gasteiger partial charge on any atom is 0.255 e. The number of fused-ring (bicyclic) bond motifs is 1. The number of halogens is 1. The standard InChI is InChI=1S/C22H21FN2O3/c1-13-5-10-18-19(11-13)22(28)25(21(18)27)17-4-2-3-14(12-17)20(26)24-16-8-6-15(23)7-9-16/h2-4,6-9,12-13,18-19H,5,10-11H2,1H3,(H,24,26)/t13-,18+,19+/m0/s1. The van der Waals surface area contributed by atoms with Crippen molar-refractivity contribution in [3.05, 3.63) is 59.9 Å². The third kappa shape index (κ3) is 3.30. The average molecular weight is 380 g/mol. The van der Waals surface area contributed by atoms with Gasteiger partial charge in [-0.2, -0.15) is 0 Å². The van der Waals surface area contributed by atoms with E-state index in [0.717, 1.165) is 19.3 Å². The highest BCUT2D eigenvalue weighted by Crippen LogP contribution is 2.42. The Morgan fingerprint density at radius 2 is 1.75 bits per heavy atom.